The lowest BCUT2D eigenvalue weighted by Gasteiger charge is -2.25. The van der Waals surface area contributed by atoms with E-state index in [1.807, 2.05) is 0 Å². The Kier molecular flexibility index (Phi) is 6.18. The first-order valence-electron chi connectivity index (χ1n) is 8.13. The van der Waals surface area contributed by atoms with E-state index in [2.05, 4.69) is 5.32 Å². The molecular formula is C17H23ClFN3O2. The van der Waals surface area contributed by atoms with Gasteiger partial charge in [-0.05, 0) is 37.9 Å². The summed E-state index contributed by atoms with van der Waals surface area (Å²) in [4.78, 5) is 27.9. The first-order chi connectivity index (χ1) is 11.1. The highest BCUT2D eigenvalue weighted by atomic mass is 35.5. The summed E-state index contributed by atoms with van der Waals surface area (Å²) >= 11 is 0. The maximum Gasteiger partial charge on any atom is 0.249 e. The summed E-state index contributed by atoms with van der Waals surface area (Å²) in [5.41, 5.74) is 0.290. The van der Waals surface area contributed by atoms with E-state index < -0.39 is 11.9 Å². The van der Waals surface area contributed by atoms with Gasteiger partial charge in [0.25, 0.3) is 0 Å². The fourth-order valence-corrected chi connectivity index (χ4v) is 3.39. The summed E-state index contributed by atoms with van der Waals surface area (Å²) in [6, 6.07) is 5.96. The molecule has 1 aromatic carbocycles. The number of carbonyl (C=O) groups is 2. The zero-order chi connectivity index (χ0) is 16.4. The molecule has 2 aliphatic heterocycles. The number of anilines is 1. The Morgan fingerprint density at radius 2 is 2.12 bits per heavy atom. The number of benzene rings is 1. The van der Waals surface area contributed by atoms with Gasteiger partial charge in [0.15, 0.2) is 0 Å². The number of nitrogens with zero attached hydrogens (tertiary/aromatic N) is 2. The molecule has 2 atom stereocenters. The van der Waals surface area contributed by atoms with Crippen LogP contribution in [0.1, 0.15) is 25.7 Å². The molecule has 0 aliphatic carbocycles. The number of likely N-dealkylation sites (N-methyl/N-ethyl adjacent to an activating group) is 1. The van der Waals surface area contributed by atoms with E-state index >= 15 is 0 Å². The minimum absolute atomic E-state index is 0. The first-order valence-corrected chi connectivity index (χ1v) is 8.13. The summed E-state index contributed by atoms with van der Waals surface area (Å²) in [5.74, 6) is -0.644. The molecule has 0 spiro atoms. The average Bonchev–Trinajstić information content (AvgIpc) is 3.17. The number of para-hydroxylation sites is 1. The Morgan fingerprint density at radius 3 is 2.79 bits per heavy atom. The van der Waals surface area contributed by atoms with Gasteiger partial charge in [0.05, 0.1) is 5.69 Å². The van der Waals surface area contributed by atoms with Crippen molar-refractivity contribution in [3.8, 4) is 0 Å². The van der Waals surface area contributed by atoms with Crippen LogP contribution in [0.4, 0.5) is 10.1 Å². The Balaban J connectivity index is 0.00000208. The Labute approximate surface area is 147 Å². The summed E-state index contributed by atoms with van der Waals surface area (Å²) in [5, 5.41) is 3.29. The normalized spacial score (nSPS) is 23.2. The van der Waals surface area contributed by atoms with Gasteiger partial charge in [0, 0.05) is 26.1 Å². The third-order valence-electron chi connectivity index (χ3n) is 4.76. The Hall–Kier alpha value is -1.66. The van der Waals surface area contributed by atoms with E-state index in [-0.39, 0.29) is 30.3 Å². The fourth-order valence-electron chi connectivity index (χ4n) is 3.39. The van der Waals surface area contributed by atoms with Crippen LogP contribution in [-0.2, 0) is 9.59 Å². The van der Waals surface area contributed by atoms with Gasteiger partial charge in [-0.2, -0.15) is 0 Å². The molecular weight excluding hydrogens is 333 g/mol. The molecule has 1 aromatic rings. The zero-order valence-electron chi connectivity index (χ0n) is 13.7. The van der Waals surface area contributed by atoms with Gasteiger partial charge in [0.2, 0.25) is 11.8 Å². The third kappa shape index (κ3) is 3.70. The summed E-state index contributed by atoms with van der Waals surface area (Å²) < 4.78 is 13.9. The molecule has 7 heteroatoms. The van der Waals surface area contributed by atoms with Crippen molar-refractivity contribution < 1.29 is 14.0 Å². The molecule has 0 aromatic heterocycles. The topological polar surface area (TPSA) is 52.7 Å². The van der Waals surface area contributed by atoms with Crippen molar-refractivity contribution >= 4 is 29.9 Å². The van der Waals surface area contributed by atoms with Crippen LogP contribution in [0.15, 0.2) is 24.3 Å². The second-order valence-corrected chi connectivity index (χ2v) is 6.25. The van der Waals surface area contributed by atoms with Crippen molar-refractivity contribution in [2.45, 2.75) is 37.8 Å². The Bertz CT molecular complexity index is 607. The molecule has 2 fully saturated rings. The van der Waals surface area contributed by atoms with Crippen molar-refractivity contribution in [3.63, 3.8) is 0 Å². The molecule has 2 heterocycles. The van der Waals surface area contributed by atoms with E-state index in [0.29, 0.717) is 25.1 Å². The molecule has 0 radical (unpaired) electrons. The Morgan fingerprint density at radius 1 is 1.38 bits per heavy atom. The lowest BCUT2D eigenvalue weighted by Crippen LogP contribution is -2.44. The number of halogens is 2. The number of nitrogens with one attached hydrogen (secondary N) is 1. The summed E-state index contributed by atoms with van der Waals surface area (Å²) in [6.07, 6.45) is 3.04. The second-order valence-electron chi connectivity index (χ2n) is 6.25. The van der Waals surface area contributed by atoms with Crippen LogP contribution in [0.2, 0.25) is 0 Å². The highest BCUT2D eigenvalue weighted by Gasteiger charge is 2.38. The lowest BCUT2D eigenvalue weighted by atomic mass is 10.1. The van der Waals surface area contributed by atoms with Crippen LogP contribution in [0, 0.1) is 5.82 Å². The maximum absolute atomic E-state index is 13.9. The smallest absolute Gasteiger partial charge is 0.249 e. The van der Waals surface area contributed by atoms with Gasteiger partial charge in [-0.15, -0.1) is 12.4 Å². The molecule has 0 bridgehead atoms. The number of hydrogen-bond donors (Lipinski definition) is 1. The van der Waals surface area contributed by atoms with Crippen LogP contribution in [-0.4, -0.2) is 48.9 Å². The number of hydrogen-bond acceptors (Lipinski definition) is 3. The molecule has 1 N–H and O–H groups in total. The SMILES string of the molecule is CN(C(=O)CC1CCCN1)C1CCN(c2ccccc2F)C1=O.Cl. The molecule has 2 amide bonds. The molecule has 3 rings (SSSR count). The van der Waals surface area contributed by atoms with Gasteiger partial charge in [0.1, 0.15) is 11.9 Å². The van der Waals surface area contributed by atoms with Crippen molar-refractivity contribution in [3.05, 3.63) is 30.1 Å². The lowest BCUT2D eigenvalue weighted by molar-refractivity contribution is -0.137. The van der Waals surface area contributed by atoms with Gasteiger partial charge in [-0.3, -0.25) is 9.59 Å². The van der Waals surface area contributed by atoms with Gasteiger partial charge in [-0.25, -0.2) is 4.39 Å². The molecule has 5 nitrogen and oxygen atoms in total. The first kappa shape index (κ1) is 18.7. The number of rotatable bonds is 4. The average molecular weight is 356 g/mol. The molecule has 2 saturated heterocycles. The van der Waals surface area contributed by atoms with Crippen molar-refractivity contribution in [2.24, 2.45) is 0 Å². The maximum atomic E-state index is 13.9. The van der Waals surface area contributed by atoms with Crippen LogP contribution in [0.5, 0.6) is 0 Å². The fraction of sp³-hybridized carbons (Fsp3) is 0.529. The number of amides is 2. The van der Waals surface area contributed by atoms with E-state index in [0.717, 1.165) is 19.4 Å². The van der Waals surface area contributed by atoms with Crippen LogP contribution >= 0.6 is 12.4 Å². The van der Waals surface area contributed by atoms with Gasteiger partial charge >= 0.3 is 0 Å². The molecule has 2 aliphatic rings. The molecule has 2 unspecified atom stereocenters. The highest BCUT2D eigenvalue weighted by Crippen LogP contribution is 2.26. The minimum atomic E-state index is -0.497. The standard InChI is InChI=1S/C17H22FN3O2.ClH/c1-20(16(22)11-12-5-4-9-19-12)15-8-10-21(17(15)23)14-7-3-2-6-13(14)18;/h2-3,6-7,12,15,19H,4-5,8-11H2,1H3;1H. The second kappa shape index (κ2) is 7.94. The predicted molar refractivity (Wildman–Crippen MR) is 92.8 cm³/mol. The molecule has 24 heavy (non-hydrogen) atoms. The van der Waals surface area contributed by atoms with Crippen molar-refractivity contribution in [1.29, 1.82) is 0 Å². The molecule has 0 saturated carbocycles. The minimum Gasteiger partial charge on any atom is -0.334 e. The van der Waals surface area contributed by atoms with Gasteiger partial charge in [-0.1, -0.05) is 12.1 Å². The van der Waals surface area contributed by atoms with Crippen LogP contribution < -0.4 is 10.2 Å². The highest BCUT2D eigenvalue weighted by molar-refractivity contribution is 6.01. The van der Waals surface area contributed by atoms with E-state index in [1.165, 1.54) is 15.9 Å². The van der Waals surface area contributed by atoms with Crippen LogP contribution in [0.25, 0.3) is 0 Å². The number of carbonyl (C=O) groups excluding carboxylic acids is 2. The van der Waals surface area contributed by atoms with E-state index in [4.69, 9.17) is 0 Å². The van der Waals surface area contributed by atoms with Crippen molar-refractivity contribution in [1.82, 2.24) is 10.2 Å². The van der Waals surface area contributed by atoms with E-state index in [9.17, 15) is 14.0 Å². The third-order valence-corrected chi connectivity index (χ3v) is 4.76. The molecule has 132 valence electrons. The van der Waals surface area contributed by atoms with E-state index in [1.54, 1.807) is 25.2 Å². The van der Waals surface area contributed by atoms with Crippen LogP contribution in [0.3, 0.4) is 0 Å². The quantitative estimate of drug-likeness (QED) is 0.898. The van der Waals surface area contributed by atoms with Gasteiger partial charge < -0.3 is 15.1 Å². The predicted octanol–water partition coefficient (Wildman–Crippen LogP) is 1.95. The summed E-state index contributed by atoms with van der Waals surface area (Å²) in [7, 11) is 1.67. The largest absolute Gasteiger partial charge is 0.334 e. The van der Waals surface area contributed by atoms with Crippen molar-refractivity contribution in [2.75, 3.05) is 25.0 Å². The summed E-state index contributed by atoms with van der Waals surface area (Å²) in [6.45, 7) is 1.38. The monoisotopic (exact) mass is 355 g/mol. The zero-order valence-corrected chi connectivity index (χ0v) is 14.5.